The molecule has 0 spiro atoms. The van der Waals surface area contributed by atoms with Gasteiger partial charge in [-0.25, -0.2) is 4.79 Å². The number of hydrogen-bond donors (Lipinski definition) is 4. The normalized spacial score (nSPS) is 21.4. The van der Waals surface area contributed by atoms with Gasteiger partial charge in [-0.15, -0.1) is 0 Å². The molecule has 6 unspecified atom stereocenters. The maximum Gasteiger partial charge on any atom is 0.335 e. The van der Waals surface area contributed by atoms with Crippen molar-refractivity contribution in [3.63, 3.8) is 0 Å². The Hall–Kier alpha value is -3.09. The summed E-state index contributed by atoms with van der Waals surface area (Å²) < 4.78 is 21.5. The fourth-order valence-electron chi connectivity index (χ4n) is 5.54. The van der Waals surface area contributed by atoms with Gasteiger partial charge in [-0.3, -0.25) is 9.59 Å². The number of aliphatic hydroxyl groups excluding tert-OH is 3. The molecule has 1 fully saturated rings. The number of carboxylic acids is 1. The number of carboxylic acid groups (broad SMARTS) is 1. The lowest BCUT2D eigenvalue weighted by Gasteiger charge is -2.38. The molecule has 0 aromatic carbocycles. The van der Waals surface area contributed by atoms with Crippen molar-refractivity contribution in [1.82, 2.24) is 0 Å². The summed E-state index contributed by atoms with van der Waals surface area (Å²) >= 11 is 0. The first-order valence-electron chi connectivity index (χ1n) is 19.8. The lowest BCUT2D eigenvalue weighted by atomic mass is 9.99. The molecule has 11 nitrogen and oxygen atoms in total. The molecule has 1 aliphatic heterocycles. The summed E-state index contributed by atoms with van der Waals surface area (Å²) in [6.45, 7) is 3.57. The van der Waals surface area contributed by atoms with Crippen LogP contribution in [0.15, 0.2) is 60.8 Å². The van der Waals surface area contributed by atoms with Crippen LogP contribution in [0, 0.1) is 0 Å². The number of carbonyl (C=O) groups excluding carboxylic acids is 2. The average molecular weight is 749 g/mol. The van der Waals surface area contributed by atoms with E-state index in [-0.39, 0.29) is 19.4 Å². The van der Waals surface area contributed by atoms with Crippen molar-refractivity contribution >= 4 is 17.9 Å². The number of carbonyl (C=O) groups is 3. The molecule has 1 heterocycles. The second kappa shape index (κ2) is 32.3. The van der Waals surface area contributed by atoms with Crippen molar-refractivity contribution in [2.45, 2.75) is 173 Å². The number of esters is 2. The zero-order valence-electron chi connectivity index (χ0n) is 32.2. The molecule has 0 radical (unpaired) electrons. The smallest absolute Gasteiger partial charge is 0.335 e. The Balaban J connectivity index is 2.50. The van der Waals surface area contributed by atoms with Gasteiger partial charge in [0.25, 0.3) is 0 Å². The van der Waals surface area contributed by atoms with Crippen molar-refractivity contribution < 1.29 is 53.8 Å². The zero-order valence-corrected chi connectivity index (χ0v) is 32.2. The Morgan fingerprint density at radius 1 is 0.604 bits per heavy atom. The topological polar surface area (TPSA) is 169 Å². The van der Waals surface area contributed by atoms with Crippen LogP contribution in [0.2, 0.25) is 0 Å². The highest BCUT2D eigenvalue weighted by molar-refractivity contribution is 5.73. The summed E-state index contributed by atoms with van der Waals surface area (Å²) in [6.07, 6.45) is 28.8. The molecule has 0 aromatic heterocycles. The molecule has 0 aromatic rings. The third kappa shape index (κ3) is 24.8. The highest BCUT2D eigenvalue weighted by Crippen LogP contribution is 2.23. The van der Waals surface area contributed by atoms with Gasteiger partial charge in [-0.05, 0) is 38.5 Å². The SMILES string of the molecule is CC/C=C\C/C=C\C/C=C\C/C=C\C/C=C\CC(=O)OCC(COC1OC(C(=O)O)C(O)C(O)C1O)OC(=O)CCCCCCCCCCCCCC. The Labute approximate surface area is 317 Å². The first-order valence-corrected chi connectivity index (χ1v) is 19.8. The van der Waals surface area contributed by atoms with E-state index in [1.165, 1.54) is 51.4 Å². The minimum Gasteiger partial charge on any atom is -0.479 e. The molecular formula is C42H68O11. The number of aliphatic hydroxyl groups is 3. The highest BCUT2D eigenvalue weighted by atomic mass is 16.7. The number of aliphatic carboxylic acids is 1. The fourth-order valence-corrected chi connectivity index (χ4v) is 5.54. The molecule has 0 amide bonds. The predicted octanol–water partition coefficient (Wildman–Crippen LogP) is 7.58. The maximum absolute atomic E-state index is 12.7. The van der Waals surface area contributed by atoms with E-state index >= 15 is 0 Å². The Morgan fingerprint density at radius 2 is 1.09 bits per heavy atom. The monoisotopic (exact) mass is 748 g/mol. The van der Waals surface area contributed by atoms with E-state index in [0.29, 0.717) is 12.8 Å². The number of hydrogen-bond acceptors (Lipinski definition) is 10. The Bertz CT molecular complexity index is 1110. The van der Waals surface area contributed by atoms with E-state index in [9.17, 15) is 34.8 Å². The van der Waals surface area contributed by atoms with Gasteiger partial charge < -0.3 is 39.4 Å². The molecule has 1 rings (SSSR count). The molecule has 4 N–H and O–H groups in total. The molecule has 302 valence electrons. The number of rotatable bonds is 31. The van der Waals surface area contributed by atoms with E-state index in [4.69, 9.17) is 18.9 Å². The first kappa shape index (κ1) is 47.9. The van der Waals surface area contributed by atoms with Crippen molar-refractivity contribution in [2.75, 3.05) is 13.2 Å². The summed E-state index contributed by atoms with van der Waals surface area (Å²) in [5.74, 6) is -2.61. The van der Waals surface area contributed by atoms with Crippen LogP contribution in [-0.2, 0) is 33.3 Å². The van der Waals surface area contributed by atoms with Crippen LogP contribution in [0.5, 0.6) is 0 Å². The largest absolute Gasteiger partial charge is 0.479 e. The summed E-state index contributed by atoms with van der Waals surface area (Å²) in [4.78, 5) is 36.6. The van der Waals surface area contributed by atoms with E-state index < -0.39 is 61.3 Å². The van der Waals surface area contributed by atoms with Gasteiger partial charge in [0.15, 0.2) is 18.5 Å². The predicted molar refractivity (Wildman–Crippen MR) is 206 cm³/mol. The second-order valence-electron chi connectivity index (χ2n) is 13.4. The van der Waals surface area contributed by atoms with E-state index in [1.807, 2.05) is 12.2 Å². The van der Waals surface area contributed by atoms with Gasteiger partial charge in [0, 0.05) is 6.42 Å². The fraction of sp³-hybridized carbons (Fsp3) is 0.690. The molecule has 1 saturated heterocycles. The van der Waals surface area contributed by atoms with Gasteiger partial charge >= 0.3 is 17.9 Å². The van der Waals surface area contributed by atoms with Crippen molar-refractivity contribution in [1.29, 1.82) is 0 Å². The molecule has 0 bridgehead atoms. The number of allylic oxidation sites excluding steroid dienone is 9. The van der Waals surface area contributed by atoms with E-state index in [1.54, 1.807) is 6.08 Å². The van der Waals surface area contributed by atoms with Gasteiger partial charge in [-0.1, -0.05) is 145 Å². The molecule has 53 heavy (non-hydrogen) atoms. The van der Waals surface area contributed by atoms with Gasteiger partial charge in [0.05, 0.1) is 13.0 Å². The van der Waals surface area contributed by atoms with Crippen molar-refractivity contribution in [3.05, 3.63) is 60.8 Å². The molecule has 0 saturated carbocycles. The standard InChI is InChI=1S/C42H68O11/c1-3-5-7-9-11-13-15-17-18-19-21-22-24-26-28-30-35(43)50-32-34(33-51-42-39(47)37(45)38(46)40(53-42)41(48)49)52-36(44)31-29-27-25-23-20-16-14-12-10-8-6-4-2/h5,7,11,13,17-18,21-22,26,28,34,37-40,42,45-47H,3-4,6,8-10,12,14-16,19-20,23-25,27,29-33H2,1-2H3,(H,48,49)/b7-5-,13-11-,18-17-,22-21-,28-26-. The van der Waals surface area contributed by atoms with E-state index in [0.717, 1.165) is 44.9 Å². The van der Waals surface area contributed by atoms with Gasteiger partial charge in [0.1, 0.15) is 24.9 Å². The highest BCUT2D eigenvalue weighted by Gasteiger charge is 2.47. The third-order valence-corrected chi connectivity index (χ3v) is 8.66. The first-order chi connectivity index (χ1) is 25.7. The van der Waals surface area contributed by atoms with Crippen molar-refractivity contribution in [3.8, 4) is 0 Å². The van der Waals surface area contributed by atoms with Crippen LogP contribution in [0.3, 0.4) is 0 Å². The molecule has 1 aliphatic rings. The van der Waals surface area contributed by atoms with Crippen LogP contribution < -0.4 is 0 Å². The minimum absolute atomic E-state index is 0.00270. The van der Waals surface area contributed by atoms with Crippen LogP contribution in [-0.4, -0.2) is 88.4 Å². The molecule has 0 aliphatic carbocycles. The summed E-state index contributed by atoms with van der Waals surface area (Å²) in [6, 6.07) is 0. The Kier molecular flexibility index (Phi) is 29.3. The number of ether oxygens (including phenoxy) is 4. The molecule has 6 atom stereocenters. The molecular weight excluding hydrogens is 680 g/mol. The quantitative estimate of drug-likeness (QED) is 0.0313. The van der Waals surface area contributed by atoms with Crippen LogP contribution in [0.1, 0.15) is 136 Å². The minimum atomic E-state index is -1.87. The summed E-state index contributed by atoms with van der Waals surface area (Å²) in [5.41, 5.74) is 0. The average Bonchev–Trinajstić information content (AvgIpc) is 3.14. The summed E-state index contributed by atoms with van der Waals surface area (Å²) in [5, 5.41) is 39.6. The Morgan fingerprint density at radius 3 is 1.60 bits per heavy atom. The van der Waals surface area contributed by atoms with Crippen LogP contribution >= 0.6 is 0 Å². The number of unbranched alkanes of at least 4 members (excludes halogenated alkanes) is 11. The van der Waals surface area contributed by atoms with E-state index in [2.05, 4.69) is 56.4 Å². The van der Waals surface area contributed by atoms with Crippen LogP contribution in [0.25, 0.3) is 0 Å². The summed E-state index contributed by atoms with van der Waals surface area (Å²) in [7, 11) is 0. The third-order valence-electron chi connectivity index (χ3n) is 8.66. The maximum atomic E-state index is 12.7. The van der Waals surface area contributed by atoms with Crippen LogP contribution in [0.4, 0.5) is 0 Å². The van der Waals surface area contributed by atoms with Gasteiger partial charge in [-0.2, -0.15) is 0 Å². The lowest BCUT2D eigenvalue weighted by molar-refractivity contribution is -0.298. The van der Waals surface area contributed by atoms with Gasteiger partial charge in [0.2, 0.25) is 0 Å². The molecule has 11 heteroatoms. The zero-order chi connectivity index (χ0) is 38.9. The lowest BCUT2D eigenvalue weighted by Crippen LogP contribution is -2.60. The second-order valence-corrected chi connectivity index (χ2v) is 13.4. The van der Waals surface area contributed by atoms with Crippen molar-refractivity contribution in [2.24, 2.45) is 0 Å².